The zero-order valence-corrected chi connectivity index (χ0v) is 17.1. The van der Waals surface area contributed by atoms with Crippen LogP contribution in [-0.2, 0) is 19.6 Å². The first-order valence-electron chi connectivity index (χ1n) is 9.45. The van der Waals surface area contributed by atoms with Crippen LogP contribution in [0.3, 0.4) is 0 Å². The minimum Gasteiger partial charge on any atom is -0.384 e. The van der Waals surface area contributed by atoms with Gasteiger partial charge >= 0.3 is 0 Å². The lowest BCUT2D eigenvalue weighted by molar-refractivity contribution is -0.134. The van der Waals surface area contributed by atoms with E-state index in [1.165, 1.54) is 28.6 Å². The van der Waals surface area contributed by atoms with Gasteiger partial charge in [0, 0.05) is 31.2 Å². The van der Waals surface area contributed by atoms with Gasteiger partial charge in [-0.3, -0.25) is 9.59 Å². The second-order valence-corrected chi connectivity index (χ2v) is 9.22. The van der Waals surface area contributed by atoms with E-state index >= 15 is 0 Å². The molecule has 2 aliphatic heterocycles. The van der Waals surface area contributed by atoms with Crippen LogP contribution in [0.1, 0.15) is 29.6 Å². The highest BCUT2D eigenvalue weighted by atomic mass is 32.2. The van der Waals surface area contributed by atoms with Crippen molar-refractivity contribution in [2.45, 2.75) is 36.2 Å². The van der Waals surface area contributed by atoms with Crippen LogP contribution < -0.4 is 5.73 Å². The molecule has 9 heteroatoms. The van der Waals surface area contributed by atoms with E-state index in [1.54, 1.807) is 12.0 Å². The highest BCUT2D eigenvalue weighted by molar-refractivity contribution is 7.89. The third-order valence-electron chi connectivity index (χ3n) is 5.56. The van der Waals surface area contributed by atoms with Crippen LogP contribution in [0.25, 0.3) is 0 Å². The quantitative estimate of drug-likeness (QED) is 0.673. The predicted molar refractivity (Wildman–Crippen MR) is 106 cm³/mol. The number of carbonyl (C=O) groups is 2. The Morgan fingerprint density at radius 3 is 2.79 bits per heavy atom. The molecule has 29 heavy (non-hydrogen) atoms. The summed E-state index contributed by atoms with van der Waals surface area (Å²) < 4.78 is 33.9. The average molecular weight is 420 g/mol. The van der Waals surface area contributed by atoms with Gasteiger partial charge in [0.25, 0.3) is 0 Å². The Kier molecular flexibility index (Phi) is 6.27. The number of terminal acetylenes is 1. The van der Waals surface area contributed by atoms with Crippen molar-refractivity contribution < 1.29 is 22.7 Å². The van der Waals surface area contributed by atoms with E-state index < -0.39 is 28.0 Å². The number of piperidine rings is 1. The van der Waals surface area contributed by atoms with Gasteiger partial charge in [0.1, 0.15) is 6.04 Å². The number of primary amides is 1. The number of hydrogen-bond donors (Lipinski definition) is 1. The van der Waals surface area contributed by atoms with Crippen molar-refractivity contribution in [3.05, 3.63) is 29.8 Å². The summed E-state index contributed by atoms with van der Waals surface area (Å²) in [7, 11) is -2.50. The van der Waals surface area contributed by atoms with Gasteiger partial charge in [0.2, 0.25) is 21.8 Å². The first-order chi connectivity index (χ1) is 13.8. The van der Waals surface area contributed by atoms with Gasteiger partial charge in [-0.25, -0.2) is 8.42 Å². The fourth-order valence-corrected chi connectivity index (χ4v) is 6.23. The number of fused-ring (bicyclic) bond motifs is 2. The maximum atomic E-state index is 13.6. The number of nitrogens with zero attached hydrogens (tertiary/aromatic N) is 2. The maximum Gasteiger partial charge on any atom is 0.248 e. The number of rotatable bonds is 6. The van der Waals surface area contributed by atoms with E-state index in [0.717, 1.165) is 6.42 Å². The average Bonchev–Trinajstić information content (AvgIpc) is 2.77. The van der Waals surface area contributed by atoms with Crippen LogP contribution >= 0.6 is 0 Å². The highest BCUT2D eigenvalue weighted by Gasteiger charge is 2.49. The molecule has 0 aromatic heterocycles. The van der Waals surface area contributed by atoms with Gasteiger partial charge in [0.05, 0.1) is 18.0 Å². The van der Waals surface area contributed by atoms with E-state index in [0.29, 0.717) is 26.0 Å². The van der Waals surface area contributed by atoms with Crippen molar-refractivity contribution in [1.29, 1.82) is 0 Å². The van der Waals surface area contributed by atoms with E-state index in [4.69, 9.17) is 16.9 Å². The minimum atomic E-state index is -4.05. The van der Waals surface area contributed by atoms with Gasteiger partial charge in [-0.15, -0.1) is 6.42 Å². The third kappa shape index (κ3) is 4.01. The van der Waals surface area contributed by atoms with Crippen LogP contribution in [-0.4, -0.2) is 68.3 Å². The van der Waals surface area contributed by atoms with E-state index in [9.17, 15) is 18.0 Å². The Labute approximate surface area is 171 Å². The largest absolute Gasteiger partial charge is 0.384 e. The highest BCUT2D eigenvalue weighted by Crippen LogP contribution is 2.37. The van der Waals surface area contributed by atoms with Crippen molar-refractivity contribution >= 4 is 21.8 Å². The summed E-state index contributed by atoms with van der Waals surface area (Å²) in [5.41, 5.74) is 5.41. The number of methoxy groups -OCH3 is 1. The molecule has 3 atom stereocenters. The first-order valence-corrected chi connectivity index (χ1v) is 10.9. The molecule has 1 aromatic rings. The SMILES string of the molecule is C#CCN1CC(COC)C2CCCC(C1=O)N2S(=O)(=O)c1cccc(C(N)=O)c1. The predicted octanol–water partition coefficient (Wildman–Crippen LogP) is 0.435. The van der Waals surface area contributed by atoms with Crippen LogP contribution in [0.15, 0.2) is 29.2 Å². The van der Waals surface area contributed by atoms with Gasteiger partial charge in [-0.2, -0.15) is 4.31 Å². The molecule has 3 rings (SSSR count). The molecular formula is C20H25N3O5S. The van der Waals surface area contributed by atoms with Crippen molar-refractivity contribution in [3.63, 3.8) is 0 Å². The van der Waals surface area contributed by atoms with E-state index in [2.05, 4.69) is 5.92 Å². The Bertz CT molecular complexity index is 940. The van der Waals surface area contributed by atoms with Crippen molar-refractivity contribution in [1.82, 2.24) is 9.21 Å². The van der Waals surface area contributed by atoms with Crippen LogP contribution in [0.2, 0.25) is 0 Å². The van der Waals surface area contributed by atoms with Crippen molar-refractivity contribution in [3.8, 4) is 12.3 Å². The molecule has 3 unspecified atom stereocenters. The summed E-state index contributed by atoms with van der Waals surface area (Å²) in [4.78, 5) is 26.2. The monoisotopic (exact) mass is 419 g/mol. The van der Waals surface area contributed by atoms with Gasteiger partial charge in [0.15, 0.2) is 0 Å². The summed E-state index contributed by atoms with van der Waals surface area (Å²) >= 11 is 0. The molecule has 8 nitrogen and oxygen atoms in total. The van der Waals surface area contributed by atoms with E-state index in [1.807, 2.05) is 0 Å². The lowest BCUT2D eigenvalue weighted by Gasteiger charge is -2.40. The summed E-state index contributed by atoms with van der Waals surface area (Å²) in [5, 5.41) is 0. The molecule has 1 aromatic carbocycles. The summed E-state index contributed by atoms with van der Waals surface area (Å²) in [6, 6.07) is 4.37. The Morgan fingerprint density at radius 2 is 2.14 bits per heavy atom. The lowest BCUT2D eigenvalue weighted by Crippen LogP contribution is -2.55. The molecule has 2 heterocycles. The molecule has 0 radical (unpaired) electrons. The molecule has 2 amide bonds. The molecule has 0 spiro atoms. The normalized spacial score (nSPS) is 25.3. The van der Waals surface area contributed by atoms with Crippen LogP contribution in [0.5, 0.6) is 0 Å². The zero-order chi connectivity index (χ0) is 21.2. The summed E-state index contributed by atoms with van der Waals surface area (Å²) in [5.74, 6) is 1.27. The summed E-state index contributed by atoms with van der Waals surface area (Å²) in [6.45, 7) is 0.762. The molecular weight excluding hydrogens is 394 g/mol. The number of sulfonamides is 1. The second kappa shape index (κ2) is 8.53. The van der Waals surface area contributed by atoms with Crippen LogP contribution in [0.4, 0.5) is 0 Å². The van der Waals surface area contributed by atoms with Gasteiger partial charge in [-0.1, -0.05) is 12.0 Å². The molecule has 2 bridgehead atoms. The smallest absolute Gasteiger partial charge is 0.248 e. The van der Waals surface area contributed by atoms with Crippen molar-refractivity contribution in [2.24, 2.45) is 11.7 Å². The van der Waals surface area contributed by atoms with Crippen LogP contribution in [0, 0.1) is 18.3 Å². The van der Waals surface area contributed by atoms with Gasteiger partial charge in [-0.05, 0) is 37.5 Å². The number of nitrogens with two attached hydrogens (primary N) is 1. The first kappa shape index (κ1) is 21.3. The topological polar surface area (TPSA) is 110 Å². The molecule has 2 saturated heterocycles. The standard InChI is InChI=1S/C20H25N3O5S/c1-3-10-22-12-15(13-28-2)17-8-5-9-18(20(22)25)23(17)29(26,27)16-7-4-6-14(11-16)19(21)24/h1,4,6-7,11,15,17-18H,5,8-10,12-13H2,2H3,(H2,21,24). The molecule has 2 fully saturated rings. The fourth-order valence-electron chi connectivity index (χ4n) is 4.30. The number of ether oxygens (including phenoxy) is 1. The lowest BCUT2D eigenvalue weighted by atomic mass is 9.91. The number of hydrogen-bond acceptors (Lipinski definition) is 5. The number of carbonyl (C=O) groups excluding carboxylic acids is 2. The molecule has 0 saturated carbocycles. The third-order valence-corrected chi connectivity index (χ3v) is 7.49. The van der Waals surface area contributed by atoms with E-state index in [-0.39, 0.29) is 28.8 Å². The fraction of sp³-hybridized carbons (Fsp3) is 0.500. The zero-order valence-electron chi connectivity index (χ0n) is 16.3. The Hall–Kier alpha value is -2.41. The second-order valence-electron chi connectivity index (χ2n) is 7.38. The maximum absolute atomic E-state index is 13.6. The number of benzene rings is 1. The summed E-state index contributed by atoms with van der Waals surface area (Å²) in [6.07, 6.45) is 7.21. The molecule has 2 N–H and O–H groups in total. The minimum absolute atomic E-state index is 0.0555. The molecule has 156 valence electrons. The molecule has 0 aliphatic carbocycles. The Morgan fingerprint density at radius 1 is 1.38 bits per heavy atom. The van der Waals surface area contributed by atoms with Gasteiger partial charge < -0.3 is 15.4 Å². The number of amides is 2. The molecule has 2 aliphatic rings. The Balaban J connectivity index is 2.10. The van der Waals surface area contributed by atoms with Crippen molar-refractivity contribution in [2.75, 3.05) is 26.8 Å².